The minimum absolute atomic E-state index is 0.0528. The minimum atomic E-state index is -0.191. The molecule has 0 aliphatic carbocycles. The number of rotatable bonds is 6. The van der Waals surface area contributed by atoms with E-state index >= 15 is 0 Å². The summed E-state index contributed by atoms with van der Waals surface area (Å²) < 4.78 is 0. The Morgan fingerprint density at radius 3 is 2.45 bits per heavy atom. The molecule has 20 heavy (non-hydrogen) atoms. The molecule has 6 heteroatoms. The van der Waals surface area contributed by atoms with Crippen molar-refractivity contribution in [3.8, 4) is 0 Å². The molecule has 1 aromatic heterocycles. The summed E-state index contributed by atoms with van der Waals surface area (Å²) in [6, 6.07) is 0. The Hall–Kier alpha value is -1.30. The van der Waals surface area contributed by atoms with Crippen LogP contribution >= 0.6 is 11.3 Å². The molecule has 0 aliphatic rings. The maximum absolute atomic E-state index is 12.6. The van der Waals surface area contributed by atoms with E-state index in [1.807, 2.05) is 32.8 Å². The average molecular weight is 298 g/mol. The van der Waals surface area contributed by atoms with Crippen LogP contribution in [-0.2, 0) is 0 Å². The molecule has 1 rings (SSSR count). The third-order valence-electron chi connectivity index (χ3n) is 3.80. The van der Waals surface area contributed by atoms with Gasteiger partial charge < -0.3 is 15.5 Å². The third kappa shape index (κ3) is 3.42. The first kappa shape index (κ1) is 16.8. The van der Waals surface area contributed by atoms with E-state index in [-0.39, 0.29) is 11.4 Å². The predicted molar refractivity (Wildman–Crippen MR) is 86.6 cm³/mol. The zero-order chi connectivity index (χ0) is 15.5. The molecule has 0 radical (unpaired) electrons. The van der Waals surface area contributed by atoms with Crippen LogP contribution in [0.25, 0.3) is 0 Å². The second kappa shape index (κ2) is 6.43. The van der Waals surface area contributed by atoms with Gasteiger partial charge >= 0.3 is 0 Å². The second-order valence-corrected chi connectivity index (χ2v) is 6.64. The van der Waals surface area contributed by atoms with Gasteiger partial charge in [0.1, 0.15) is 10.7 Å². The zero-order valence-electron chi connectivity index (χ0n) is 13.4. The molecule has 0 saturated heterocycles. The number of hydrogen-bond acceptors (Lipinski definition) is 5. The number of nitrogens with zero attached hydrogens (tertiary/aromatic N) is 3. The van der Waals surface area contributed by atoms with E-state index in [0.29, 0.717) is 10.7 Å². The molecule has 0 aromatic carbocycles. The van der Waals surface area contributed by atoms with E-state index in [1.54, 1.807) is 4.90 Å². The number of anilines is 2. The highest BCUT2D eigenvalue weighted by molar-refractivity contribution is 7.18. The minimum Gasteiger partial charge on any atom is -0.382 e. The van der Waals surface area contributed by atoms with Crippen LogP contribution in [0.15, 0.2) is 0 Å². The molecule has 114 valence electrons. The lowest BCUT2D eigenvalue weighted by atomic mass is 10.00. The van der Waals surface area contributed by atoms with Crippen LogP contribution in [0, 0.1) is 0 Å². The van der Waals surface area contributed by atoms with Crippen molar-refractivity contribution in [3.05, 3.63) is 4.88 Å². The lowest BCUT2D eigenvalue weighted by Gasteiger charge is -2.34. The van der Waals surface area contributed by atoms with Gasteiger partial charge in [0.2, 0.25) is 0 Å². The largest absolute Gasteiger partial charge is 0.382 e. The van der Waals surface area contributed by atoms with Gasteiger partial charge in [-0.15, -0.1) is 0 Å². The molecule has 5 nitrogen and oxygen atoms in total. The topological polar surface area (TPSA) is 62.5 Å². The van der Waals surface area contributed by atoms with Crippen LogP contribution in [0.4, 0.5) is 10.9 Å². The number of aromatic nitrogens is 1. The summed E-state index contributed by atoms with van der Waals surface area (Å²) in [5.41, 5.74) is 5.73. The van der Waals surface area contributed by atoms with E-state index in [1.165, 1.54) is 11.3 Å². The molecule has 2 N–H and O–H groups in total. The summed E-state index contributed by atoms with van der Waals surface area (Å²) in [5.74, 6) is 0.278. The molecule has 1 aromatic rings. The second-order valence-electron chi connectivity index (χ2n) is 5.66. The third-order valence-corrected chi connectivity index (χ3v) is 4.97. The fourth-order valence-corrected chi connectivity index (χ4v) is 2.68. The van der Waals surface area contributed by atoms with E-state index in [0.717, 1.165) is 24.5 Å². The zero-order valence-corrected chi connectivity index (χ0v) is 14.2. The average Bonchev–Trinajstić information content (AvgIpc) is 2.79. The maximum Gasteiger partial charge on any atom is 0.268 e. The van der Waals surface area contributed by atoms with Gasteiger partial charge in [-0.25, -0.2) is 4.98 Å². The fourth-order valence-electron chi connectivity index (χ4n) is 1.73. The van der Waals surface area contributed by atoms with Gasteiger partial charge in [-0.1, -0.05) is 25.2 Å². The van der Waals surface area contributed by atoms with Crippen LogP contribution in [0.2, 0.25) is 0 Å². The van der Waals surface area contributed by atoms with E-state index in [2.05, 4.69) is 18.8 Å². The molecule has 0 fully saturated rings. The van der Waals surface area contributed by atoms with Gasteiger partial charge in [-0.2, -0.15) is 0 Å². The predicted octanol–water partition coefficient (Wildman–Crippen LogP) is 2.83. The summed E-state index contributed by atoms with van der Waals surface area (Å²) in [5, 5.41) is 0.801. The molecular formula is C14H26N4OS. The summed E-state index contributed by atoms with van der Waals surface area (Å²) >= 11 is 1.37. The smallest absolute Gasteiger partial charge is 0.268 e. The monoisotopic (exact) mass is 298 g/mol. The molecule has 1 amide bonds. The van der Waals surface area contributed by atoms with Crippen LogP contribution in [-0.4, -0.2) is 42.0 Å². The van der Waals surface area contributed by atoms with E-state index in [9.17, 15) is 4.79 Å². The Kier molecular flexibility index (Phi) is 5.39. The van der Waals surface area contributed by atoms with Gasteiger partial charge in [-0.05, 0) is 26.7 Å². The van der Waals surface area contributed by atoms with E-state index in [4.69, 9.17) is 5.73 Å². The molecule has 0 spiro atoms. The Morgan fingerprint density at radius 1 is 1.35 bits per heavy atom. The Bertz CT molecular complexity index is 470. The highest BCUT2D eigenvalue weighted by Crippen LogP contribution is 2.30. The molecule has 0 aliphatic heterocycles. The Labute approximate surface area is 125 Å². The molecule has 0 atom stereocenters. The number of nitrogen functional groups attached to an aromatic ring is 1. The maximum atomic E-state index is 12.6. The fraction of sp³-hybridized carbons (Fsp3) is 0.714. The molecule has 0 unspecified atom stereocenters. The van der Waals surface area contributed by atoms with Crippen molar-refractivity contribution in [2.45, 2.75) is 46.1 Å². The van der Waals surface area contributed by atoms with Crippen molar-refractivity contribution in [1.29, 1.82) is 0 Å². The lowest BCUT2D eigenvalue weighted by molar-refractivity contribution is 0.0626. The molecule has 0 saturated carbocycles. The van der Waals surface area contributed by atoms with Gasteiger partial charge in [0.05, 0.1) is 0 Å². The summed E-state index contributed by atoms with van der Waals surface area (Å²) in [6.45, 7) is 9.17. The van der Waals surface area contributed by atoms with Gasteiger partial charge in [0.15, 0.2) is 5.13 Å². The normalized spacial score (nSPS) is 11.5. The Morgan fingerprint density at radius 2 is 1.95 bits per heavy atom. The summed E-state index contributed by atoms with van der Waals surface area (Å²) in [7, 11) is 3.79. The van der Waals surface area contributed by atoms with Crippen LogP contribution < -0.4 is 10.6 Å². The van der Waals surface area contributed by atoms with Crippen LogP contribution in [0.3, 0.4) is 0 Å². The lowest BCUT2D eigenvalue weighted by Crippen LogP contribution is -2.44. The number of carbonyl (C=O) groups excluding carboxylic acids is 1. The number of amides is 1. The first-order valence-corrected chi connectivity index (χ1v) is 7.81. The number of carbonyl (C=O) groups is 1. The van der Waals surface area contributed by atoms with Crippen molar-refractivity contribution in [2.24, 2.45) is 0 Å². The number of nitrogens with two attached hydrogens (primary N) is 1. The molecule has 0 bridgehead atoms. The summed E-state index contributed by atoms with van der Waals surface area (Å²) in [4.78, 5) is 21.2. The number of hydrogen-bond donors (Lipinski definition) is 1. The SMILES string of the molecule is CCCN(C)c1nc(N)c(C(=O)N(C)C(C)(C)CC)s1. The van der Waals surface area contributed by atoms with Gasteiger partial charge in [-0.3, -0.25) is 4.79 Å². The molecule has 1 heterocycles. The standard InChI is InChI=1S/C14H26N4OS/c1-7-9-17(5)13-16-11(15)10(20-13)12(19)18(6)14(3,4)8-2/h7-9,15H2,1-6H3. The molecular weight excluding hydrogens is 272 g/mol. The van der Waals surface area contributed by atoms with Crippen molar-refractivity contribution in [3.63, 3.8) is 0 Å². The quantitative estimate of drug-likeness (QED) is 0.877. The van der Waals surface area contributed by atoms with Crippen molar-refractivity contribution in [1.82, 2.24) is 9.88 Å². The van der Waals surface area contributed by atoms with Gasteiger partial charge in [0, 0.05) is 26.2 Å². The highest BCUT2D eigenvalue weighted by atomic mass is 32.1. The summed E-state index contributed by atoms with van der Waals surface area (Å²) in [6.07, 6.45) is 1.92. The highest BCUT2D eigenvalue weighted by Gasteiger charge is 2.29. The Balaban J connectivity index is 3.00. The van der Waals surface area contributed by atoms with Gasteiger partial charge in [0.25, 0.3) is 5.91 Å². The van der Waals surface area contributed by atoms with E-state index < -0.39 is 0 Å². The van der Waals surface area contributed by atoms with Crippen LogP contribution in [0.1, 0.15) is 50.2 Å². The van der Waals surface area contributed by atoms with Crippen LogP contribution in [0.5, 0.6) is 0 Å². The first-order chi connectivity index (χ1) is 9.24. The number of thiazole rings is 1. The van der Waals surface area contributed by atoms with Crippen molar-refractivity contribution < 1.29 is 4.79 Å². The van der Waals surface area contributed by atoms with Crippen molar-refractivity contribution in [2.75, 3.05) is 31.3 Å². The first-order valence-electron chi connectivity index (χ1n) is 7.00. The van der Waals surface area contributed by atoms with Crippen molar-refractivity contribution >= 4 is 28.2 Å².